The molecule has 4 nitrogen and oxygen atoms in total. The van der Waals surface area contributed by atoms with Gasteiger partial charge in [-0.15, -0.1) is 0 Å². The summed E-state index contributed by atoms with van der Waals surface area (Å²) < 4.78 is 33.7. The van der Waals surface area contributed by atoms with E-state index in [1.54, 1.807) is 0 Å². The van der Waals surface area contributed by atoms with E-state index in [0.29, 0.717) is 5.69 Å². The maximum absolute atomic E-state index is 13.9. The van der Waals surface area contributed by atoms with Crippen molar-refractivity contribution in [3.05, 3.63) is 51.8 Å². The Morgan fingerprint density at radius 2 is 2.15 bits per heavy atom. The predicted octanol–water partition coefficient (Wildman–Crippen LogP) is 2.95. The number of nitrogens with zero attached hydrogens (tertiary/aromatic N) is 1. The van der Waals surface area contributed by atoms with Crippen molar-refractivity contribution in [2.45, 2.75) is 6.54 Å². The Bertz CT molecular complexity index is 671. The molecule has 2 aromatic rings. The molecule has 0 bridgehead atoms. The molecule has 0 fully saturated rings. The minimum atomic E-state index is -0.715. The molecule has 0 aliphatic heterocycles. The van der Waals surface area contributed by atoms with Crippen LogP contribution in [0.5, 0.6) is 0 Å². The summed E-state index contributed by atoms with van der Waals surface area (Å²) in [6.45, 7) is -0.168. The summed E-state index contributed by atoms with van der Waals surface area (Å²) >= 11 is 2.99. The molecule has 0 saturated heterocycles. The van der Waals surface area contributed by atoms with E-state index < -0.39 is 17.6 Å². The van der Waals surface area contributed by atoms with E-state index in [9.17, 15) is 13.6 Å². The summed E-state index contributed by atoms with van der Waals surface area (Å²) in [5, 5.41) is 0. The normalized spacial score (nSPS) is 10.6. The second-order valence-electron chi connectivity index (χ2n) is 4.10. The number of nitrogen functional groups attached to an aromatic ring is 1. The van der Waals surface area contributed by atoms with Crippen molar-refractivity contribution in [1.29, 1.82) is 0 Å². The van der Waals surface area contributed by atoms with Gasteiger partial charge in [0.25, 0.3) is 0 Å². The van der Waals surface area contributed by atoms with E-state index >= 15 is 0 Å². The summed E-state index contributed by atoms with van der Waals surface area (Å²) in [6, 6.07) is 3.81. The summed E-state index contributed by atoms with van der Waals surface area (Å²) in [5.41, 5.74) is 5.87. The molecule has 1 heterocycles. The molecule has 20 heavy (non-hydrogen) atoms. The molecule has 0 amide bonds. The lowest BCUT2D eigenvalue weighted by Gasteiger charge is -2.10. The molecule has 0 aliphatic carbocycles. The zero-order valence-electron chi connectivity index (χ0n) is 10.5. The standard InChI is InChI=1S/C13H11BrF2N2O2/c1-20-13(19)11-4-7(17)5-18(11)6-8-10(15)3-2-9(14)12(8)16/h2-5H,6,17H2,1H3. The van der Waals surface area contributed by atoms with Gasteiger partial charge in [-0.1, -0.05) is 0 Å². The number of hydrogen-bond donors (Lipinski definition) is 1. The number of halogens is 3. The first kappa shape index (κ1) is 14.5. The highest BCUT2D eigenvalue weighted by molar-refractivity contribution is 9.10. The molecule has 1 aromatic heterocycles. The predicted molar refractivity (Wildman–Crippen MR) is 73.3 cm³/mol. The second-order valence-corrected chi connectivity index (χ2v) is 4.95. The number of methoxy groups -OCH3 is 1. The minimum Gasteiger partial charge on any atom is -0.464 e. The van der Waals surface area contributed by atoms with E-state index in [1.807, 2.05) is 0 Å². The SMILES string of the molecule is COC(=O)c1cc(N)cn1Cc1c(F)ccc(Br)c1F. The monoisotopic (exact) mass is 344 g/mol. The lowest BCUT2D eigenvalue weighted by molar-refractivity contribution is 0.0589. The molecular formula is C13H11BrF2N2O2. The lowest BCUT2D eigenvalue weighted by Crippen LogP contribution is -2.12. The molecule has 2 N–H and O–H groups in total. The number of carbonyl (C=O) groups is 1. The highest BCUT2D eigenvalue weighted by atomic mass is 79.9. The molecule has 0 unspecified atom stereocenters. The summed E-state index contributed by atoms with van der Waals surface area (Å²) in [7, 11) is 1.22. The summed E-state index contributed by atoms with van der Waals surface area (Å²) in [5.74, 6) is -2.04. The Morgan fingerprint density at radius 1 is 1.45 bits per heavy atom. The van der Waals surface area contributed by atoms with Crippen molar-refractivity contribution in [2.75, 3.05) is 12.8 Å². The largest absolute Gasteiger partial charge is 0.464 e. The molecule has 0 atom stereocenters. The number of carbonyl (C=O) groups excluding carboxylic acids is 1. The lowest BCUT2D eigenvalue weighted by atomic mass is 10.2. The van der Waals surface area contributed by atoms with Crippen LogP contribution in [0.3, 0.4) is 0 Å². The van der Waals surface area contributed by atoms with Crippen molar-refractivity contribution in [2.24, 2.45) is 0 Å². The van der Waals surface area contributed by atoms with E-state index in [0.717, 1.165) is 6.07 Å². The fourth-order valence-corrected chi connectivity index (χ4v) is 2.19. The van der Waals surface area contributed by atoms with Gasteiger partial charge in [-0.3, -0.25) is 0 Å². The van der Waals surface area contributed by atoms with Crippen LogP contribution in [-0.4, -0.2) is 17.6 Å². The van der Waals surface area contributed by atoms with Crippen LogP contribution in [0, 0.1) is 11.6 Å². The molecule has 1 aromatic carbocycles. The first-order chi connectivity index (χ1) is 9.43. The summed E-state index contributed by atoms with van der Waals surface area (Å²) in [4.78, 5) is 11.6. The van der Waals surface area contributed by atoms with Gasteiger partial charge in [0.2, 0.25) is 0 Å². The van der Waals surface area contributed by atoms with Gasteiger partial charge in [-0.25, -0.2) is 13.6 Å². The topological polar surface area (TPSA) is 57.2 Å². The van der Waals surface area contributed by atoms with Crippen molar-refractivity contribution in [1.82, 2.24) is 4.57 Å². The molecule has 0 spiro atoms. The fraction of sp³-hybridized carbons (Fsp3) is 0.154. The van der Waals surface area contributed by atoms with Crippen LogP contribution < -0.4 is 5.73 Å². The van der Waals surface area contributed by atoms with Crippen molar-refractivity contribution < 1.29 is 18.3 Å². The van der Waals surface area contributed by atoms with Crippen LogP contribution in [0.1, 0.15) is 16.1 Å². The zero-order valence-corrected chi connectivity index (χ0v) is 12.1. The second kappa shape index (κ2) is 5.62. The average molecular weight is 345 g/mol. The maximum Gasteiger partial charge on any atom is 0.354 e. The Hall–Kier alpha value is -1.89. The van der Waals surface area contributed by atoms with Crippen LogP contribution >= 0.6 is 15.9 Å². The molecule has 106 valence electrons. The number of aromatic nitrogens is 1. The minimum absolute atomic E-state index is 0.128. The van der Waals surface area contributed by atoms with Crippen LogP contribution in [0.2, 0.25) is 0 Å². The number of nitrogens with two attached hydrogens (primary N) is 1. The Labute approximate surface area is 122 Å². The van der Waals surface area contributed by atoms with Crippen molar-refractivity contribution in [3.8, 4) is 0 Å². The number of ether oxygens (including phenoxy) is 1. The molecule has 0 aliphatic rings. The summed E-state index contributed by atoms with van der Waals surface area (Å²) in [6.07, 6.45) is 1.42. The van der Waals surface area contributed by atoms with Gasteiger partial charge in [0.05, 0.1) is 23.8 Å². The van der Waals surface area contributed by atoms with Gasteiger partial charge in [-0.05, 0) is 34.1 Å². The first-order valence-electron chi connectivity index (χ1n) is 5.60. The van der Waals surface area contributed by atoms with Crippen LogP contribution in [0.4, 0.5) is 14.5 Å². The highest BCUT2D eigenvalue weighted by Crippen LogP contribution is 2.24. The number of anilines is 1. The molecule has 7 heteroatoms. The van der Waals surface area contributed by atoms with Gasteiger partial charge in [0.15, 0.2) is 0 Å². The van der Waals surface area contributed by atoms with Crippen LogP contribution in [0.15, 0.2) is 28.9 Å². The molecule has 2 rings (SSSR count). The Kier molecular flexibility index (Phi) is 4.08. The van der Waals surface area contributed by atoms with Crippen LogP contribution in [-0.2, 0) is 11.3 Å². The van der Waals surface area contributed by atoms with E-state index in [4.69, 9.17) is 5.73 Å². The van der Waals surface area contributed by atoms with Gasteiger partial charge in [0.1, 0.15) is 17.3 Å². The van der Waals surface area contributed by atoms with Crippen LogP contribution in [0.25, 0.3) is 0 Å². The van der Waals surface area contributed by atoms with Crippen molar-refractivity contribution in [3.63, 3.8) is 0 Å². The van der Waals surface area contributed by atoms with E-state index in [-0.39, 0.29) is 22.3 Å². The number of esters is 1. The van der Waals surface area contributed by atoms with Gasteiger partial charge < -0.3 is 15.0 Å². The Morgan fingerprint density at radius 3 is 2.80 bits per heavy atom. The maximum atomic E-state index is 13.9. The third-order valence-corrected chi connectivity index (χ3v) is 3.39. The highest BCUT2D eigenvalue weighted by Gasteiger charge is 2.18. The molecule has 0 radical (unpaired) electrons. The number of benzene rings is 1. The average Bonchev–Trinajstić information content (AvgIpc) is 2.79. The first-order valence-corrected chi connectivity index (χ1v) is 6.39. The zero-order chi connectivity index (χ0) is 14.9. The third-order valence-electron chi connectivity index (χ3n) is 2.78. The van der Waals surface area contributed by atoms with Gasteiger partial charge in [0, 0.05) is 11.8 Å². The third kappa shape index (κ3) is 2.67. The molecule has 0 saturated carbocycles. The quantitative estimate of drug-likeness (QED) is 0.687. The number of rotatable bonds is 3. The van der Waals surface area contributed by atoms with E-state index in [1.165, 1.54) is 30.0 Å². The van der Waals surface area contributed by atoms with Gasteiger partial charge in [-0.2, -0.15) is 0 Å². The Balaban J connectivity index is 2.45. The fourth-order valence-electron chi connectivity index (χ4n) is 1.82. The van der Waals surface area contributed by atoms with Crippen molar-refractivity contribution >= 4 is 27.6 Å². The van der Waals surface area contributed by atoms with E-state index in [2.05, 4.69) is 20.7 Å². The smallest absolute Gasteiger partial charge is 0.354 e. The van der Waals surface area contributed by atoms with Gasteiger partial charge >= 0.3 is 5.97 Å². The molecular weight excluding hydrogens is 334 g/mol. The number of hydrogen-bond acceptors (Lipinski definition) is 3.